The van der Waals surface area contributed by atoms with Crippen LogP contribution in [0.15, 0.2) is 65.2 Å². The Bertz CT molecular complexity index is 1020. The molecule has 1 saturated heterocycles. The van der Waals surface area contributed by atoms with Crippen molar-refractivity contribution in [2.24, 2.45) is 0 Å². The van der Waals surface area contributed by atoms with Crippen LogP contribution in [-0.4, -0.2) is 30.6 Å². The molecule has 0 aliphatic carbocycles. The Morgan fingerprint density at radius 3 is 2.62 bits per heavy atom. The molecule has 1 aliphatic heterocycles. The fourth-order valence-corrected chi connectivity index (χ4v) is 3.60. The standard InChI is InChI=1S/C21H17BrN2O4S/c1-3-9-28-18-16(22)11-13(12-17(18)27-2)10-15-19(25)23-21(29)24(20(15)26)14-7-5-4-6-8-14/h3-8,10-12H,1,9H2,2H3,(H,23,25,29)/b15-10+. The second kappa shape index (κ2) is 9.02. The van der Waals surface area contributed by atoms with Crippen molar-refractivity contribution >= 4 is 56.8 Å². The van der Waals surface area contributed by atoms with Crippen molar-refractivity contribution in [3.05, 3.63) is 70.7 Å². The molecule has 2 aromatic carbocycles. The molecule has 8 heteroatoms. The first-order valence-corrected chi connectivity index (χ1v) is 9.74. The van der Waals surface area contributed by atoms with E-state index in [-0.39, 0.29) is 10.7 Å². The van der Waals surface area contributed by atoms with E-state index in [1.807, 2.05) is 6.07 Å². The number of nitrogens with zero attached hydrogens (tertiary/aromatic N) is 1. The molecular weight excluding hydrogens is 456 g/mol. The third-order valence-electron chi connectivity index (χ3n) is 4.02. The number of nitrogens with one attached hydrogen (secondary N) is 1. The van der Waals surface area contributed by atoms with Crippen molar-refractivity contribution in [2.45, 2.75) is 0 Å². The minimum atomic E-state index is -0.561. The Labute approximate surface area is 181 Å². The number of thiocarbonyl (C=S) groups is 1. The first kappa shape index (κ1) is 20.8. The van der Waals surface area contributed by atoms with E-state index in [1.165, 1.54) is 18.1 Å². The molecule has 0 spiro atoms. The maximum Gasteiger partial charge on any atom is 0.270 e. The molecule has 148 valence electrons. The van der Waals surface area contributed by atoms with Crippen LogP contribution >= 0.6 is 28.1 Å². The highest BCUT2D eigenvalue weighted by molar-refractivity contribution is 9.10. The number of ether oxygens (including phenoxy) is 2. The maximum absolute atomic E-state index is 13.0. The quantitative estimate of drug-likeness (QED) is 0.299. The highest BCUT2D eigenvalue weighted by Crippen LogP contribution is 2.37. The van der Waals surface area contributed by atoms with E-state index in [9.17, 15) is 9.59 Å². The normalized spacial score (nSPS) is 15.3. The summed E-state index contributed by atoms with van der Waals surface area (Å²) in [6.45, 7) is 3.93. The summed E-state index contributed by atoms with van der Waals surface area (Å²) in [6, 6.07) is 12.3. The third-order valence-corrected chi connectivity index (χ3v) is 4.90. The van der Waals surface area contributed by atoms with Gasteiger partial charge in [0.25, 0.3) is 11.8 Å². The third kappa shape index (κ3) is 4.38. The summed E-state index contributed by atoms with van der Waals surface area (Å²) >= 11 is 8.63. The lowest BCUT2D eigenvalue weighted by molar-refractivity contribution is -0.122. The number of rotatable bonds is 6. The van der Waals surface area contributed by atoms with Crippen LogP contribution in [0, 0.1) is 0 Å². The lowest BCUT2D eigenvalue weighted by Gasteiger charge is -2.28. The van der Waals surface area contributed by atoms with Gasteiger partial charge < -0.3 is 9.47 Å². The molecule has 2 amide bonds. The second-order valence-corrected chi connectivity index (χ2v) is 7.17. The zero-order valence-corrected chi connectivity index (χ0v) is 17.9. The molecule has 0 bridgehead atoms. The van der Waals surface area contributed by atoms with Gasteiger partial charge in [0.1, 0.15) is 12.2 Å². The Morgan fingerprint density at radius 2 is 1.97 bits per heavy atom. The molecule has 1 heterocycles. The average Bonchev–Trinajstić information content (AvgIpc) is 2.70. The van der Waals surface area contributed by atoms with E-state index in [0.29, 0.717) is 33.8 Å². The predicted octanol–water partition coefficient (Wildman–Crippen LogP) is 3.85. The number of hydrogen-bond acceptors (Lipinski definition) is 5. The molecule has 0 aromatic heterocycles. The summed E-state index contributed by atoms with van der Waals surface area (Å²) in [7, 11) is 1.51. The van der Waals surface area contributed by atoms with Crippen LogP contribution in [0.3, 0.4) is 0 Å². The summed E-state index contributed by atoms with van der Waals surface area (Å²) in [5, 5.41) is 2.60. The van der Waals surface area contributed by atoms with Gasteiger partial charge in [0.05, 0.1) is 17.3 Å². The Hall–Kier alpha value is -2.97. The fraction of sp³-hybridized carbons (Fsp3) is 0.0952. The number of halogens is 1. The first-order chi connectivity index (χ1) is 14.0. The van der Waals surface area contributed by atoms with E-state index in [4.69, 9.17) is 21.7 Å². The van der Waals surface area contributed by atoms with Gasteiger partial charge in [-0.1, -0.05) is 30.9 Å². The van der Waals surface area contributed by atoms with Crippen LogP contribution in [0.25, 0.3) is 6.08 Å². The van der Waals surface area contributed by atoms with Gasteiger partial charge in [-0.2, -0.15) is 0 Å². The number of methoxy groups -OCH3 is 1. The number of hydrogen-bond donors (Lipinski definition) is 1. The lowest BCUT2D eigenvalue weighted by atomic mass is 10.1. The van der Waals surface area contributed by atoms with Crippen molar-refractivity contribution in [3.8, 4) is 11.5 Å². The van der Waals surface area contributed by atoms with Crippen LogP contribution < -0.4 is 19.7 Å². The maximum atomic E-state index is 13.0. The van der Waals surface area contributed by atoms with Gasteiger partial charge in [-0.15, -0.1) is 0 Å². The van der Waals surface area contributed by atoms with Gasteiger partial charge in [-0.05, 0) is 64.1 Å². The number of carbonyl (C=O) groups is 2. The van der Waals surface area contributed by atoms with Crippen LogP contribution in [0.2, 0.25) is 0 Å². The molecule has 0 unspecified atom stereocenters. The van der Waals surface area contributed by atoms with Crippen LogP contribution in [0.5, 0.6) is 11.5 Å². The van der Waals surface area contributed by atoms with Crippen LogP contribution in [0.4, 0.5) is 5.69 Å². The number of carbonyl (C=O) groups excluding carboxylic acids is 2. The molecule has 0 saturated carbocycles. The summed E-state index contributed by atoms with van der Waals surface area (Å²) in [4.78, 5) is 26.8. The summed E-state index contributed by atoms with van der Waals surface area (Å²) in [5.41, 5.74) is 1.11. The predicted molar refractivity (Wildman–Crippen MR) is 119 cm³/mol. The SMILES string of the molecule is C=CCOc1c(Br)cc(/C=C2\C(=O)NC(=S)N(c3ccccc3)C2=O)cc1OC. The fourth-order valence-electron chi connectivity index (χ4n) is 2.74. The molecular formula is C21H17BrN2O4S. The van der Waals surface area contributed by atoms with E-state index in [2.05, 4.69) is 27.8 Å². The second-order valence-electron chi connectivity index (χ2n) is 5.93. The summed E-state index contributed by atoms with van der Waals surface area (Å²) in [5.74, 6) is -0.116. The summed E-state index contributed by atoms with van der Waals surface area (Å²) < 4.78 is 11.6. The molecule has 2 aromatic rings. The molecule has 29 heavy (non-hydrogen) atoms. The Kier molecular flexibility index (Phi) is 6.46. The van der Waals surface area contributed by atoms with Crippen LogP contribution in [-0.2, 0) is 9.59 Å². The molecule has 0 radical (unpaired) electrons. The zero-order chi connectivity index (χ0) is 21.0. The monoisotopic (exact) mass is 472 g/mol. The Balaban J connectivity index is 2.01. The van der Waals surface area contributed by atoms with Crippen molar-refractivity contribution in [3.63, 3.8) is 0 Å². The van der Waals surface area contributed by atoms with E-state index < -0.39 is 11.8 Å². The average molecular weight is 473 g/mol. The highest BCUT2D eigenvalue weighted by atomic mass is 79.9. The van der Waals surface area contributed by atoms with E-state index in [1.54, 1.807) is 42.5 Å². The topological polar surface area (TPSA) is 67.9 Å². The van der Waals surface area contributed by atoms with Gasteiger partial charge in [0, 0.05) is 0 Å². The van der Waals surface area contributed by atoms with Gasteiger partial charge in [0.15, 0.2) is 16.6 Å². The number of anilines is 1. The lowest BCUT2D eigenvalue weighted by Crippen LogP contribution is -2.54. The zero-order valence-electron chi connectivity index (χ0n) is 15.5. The molecule has 3 rings (SSSR count). The highest BCUT2D eigenvalue weighted by Gasteiger charge is 2.34. The summed E-state index contributed by atoms with van der Waals surface area (Å²) in [6.07, 6.45) is 3.10. The number of benzene rings is 2. The first-order valence-electron chi connectivity index (χ1n) is 8.54. The molecule has 1 fully saturated rings. The smallest absolute Gasteiger partial charge is 0.270 e. The molecule has 0 atom stereocenters. The van der Waals surface area contributed by atoms with Crippen molar-refractivity contribution in [1.82, 2.24) is 5.32 Å². The van der Waals surface area contributed by atoms with Crippen molar-refractivity contribution in [2.75, 3.05) is 18.6 Å². The van der Waals surface area contributed by atoms with Gasteiger partial charge >= 0.3 is 0 Å². The molecule has 6 nitrogen and oxygen atoms in total. The van der Waals surface area contributed by atoms with E-state index in [0.717, 1.165) is 0 Å². The van der Waals surface area contributed by atoms with Gasteiger partial charge in [-0.3, -0.25) is 19.8 Å². The number of amides is 2. The molecule has 1 aliphatic rings. The van der Waals surface area contributed by atoms with Crippen molar-refractivity contribution in [1.29, 1.82) is 0 Å². The molecule has 1 N–H and O–H groups in total. The van der Waals surface area contributed by atoms with Crippen molar-refractivity contribution < 1.29 is 19.1 Å². The minimum absolute atomic E-state index is 0.0373. The van der Waals surface area contributed by atoms with E-state index >= 15 is 0 Å². The van der Waals surface area contributed by atoms with Gasteiger partial charge in [0.2, 0.25) is 0 Å². The van der Waals surface area contributed by atoms with Crippen LogP contribution in [0.1, 0.15) is 5.56 Å². The minimum Gasteiger partial charge on any atom is -0.493 e. The Morgan fingerprint density at radius 1 is 1.24 bits per heavy atom. The largest absolute Gasteiger partial charge is 0.493 e. The number of para-hydroxylation sites is 1. The van der Waals surface area contributed by atoms with Gasteiger partial charge in [-0.25, -0.2) is 0 Å².